The highest BCUT2D eigenvalue weighted by atomic mass is 35.5. The van der Waals surface area contributed by atoms with Gasteiger partial charge < -0.3 is 10.1 Å². The van der Waals surface area contributed by atoms with Crippen LogP contribution >= 0.6 is 22.9 Å². The fourth-order valence-electron chi connectivity index (χ4n) is 2.22. The molecule has 152 valence electrons. The summed E-state index contributed by atoms with van der Waals surface area (Å²) in [5, 5.41) is 13.5. The number of carbonyl (C=O) groups is 3. The molecule has 29 heavy (non-hydrogen) atoms. The predicted molar refractivity (Wildman–Crippen MR) is 109 cm³/mol. The second-order valence-corrected chi connectivity index (χ2v) is 7.50. The van der Waals surface area contributed by atoms with Crippen LogP contribution in [0.5, 0.6) is 0 Å². The maximum atomic E-state index is 12.4. The molecule has 0 radical (unpaired) electrons. The molecule has 0 saturated heterocycles. The molecule has 0 saturated carbocycles. The van der Waals surface area contributed by atoms with Crippen molar-refractivity contribution in [3.05, 3.63) is 66.9 Å². The number of benzene rings is 1. The van der Waals surface area contributed by atoms with Gasteiger partial charge in [-0.1, -0.05) is 17.7 Å². The molecule has 1 heterocycles. The van der Waals surface area contributed by atoms with Gasteiger partial charge in [0, 0.05) is 23.9 Å². The first-order valence-electron chi connectivity index (χ1n) is 8.37. The fourth-order valence-corrected chi connectivity index (χ4v) is 3.37. The van der Waals surface area contributed by atoms with E-state index in [1.165, 1.54) is 49.5 Å². The van der Waals surface area contributed by atoms with Crippen LogP contribution in [0.3, 0.4) is 0 Å². The van der Waals surface area contributed by atoms with Crippen LogP contribution in [-0.2, 0) is 20.9 Å². The van der Waals surface area contributed by atoms with E-state index < -0.39 is 17.0 Å². The third-order valence-corrected chi connectivity index (χ3v) is 5.08. The smallest absolute Gasteiger partial charge is 0.331 e. The number of nitro groups is 1. The van der Waals surface area contributed by atoms with Gasteiger partial charge in [-0.05, 0) is 36.8 Å². The van der Waals surface area contributed by atoms with Gasteiger partial charge in [0.1, 0.15) is 5.02 Å². The number of rotatable bonds is 8. The Hall–Kier alpha value is -3.04. The molecule has 1 unspecified atom stereocenters. The topological polar surface area (TPSA) is 116 Å². The van der Waals surface area contributed by atoms with E-state index >= 15 is 0 Å². The molecular weight excluding hydrogens is 420 g/mol. The number of halogens is 1. The second-order valence-electron chi connectivity index (χ2n) is 5.92. The number of nitrogens with one attached hydrogen (secondary N) is 1. The number of nitro benzene ring substituents is 1. The maximum Gasteiger partial charge on any atom is 0.331 e. The summed E-state index contributed by atoms with van der Waals surface area (Å²) in [4.78, 5) is 46.8. The summed E-state index contributed by atoms with van der Waals surface area (Å²) in [5.74, 6) is -1.31. The third-order valence-electron chi connectivity index (χ3n) is 3.66. The van der Waals surface area contributed by atoms with Crippen LogP contribution in [0.4, 0.5) is 5.69 Å². The Balaban J connectivity index is 1.97. The number of thiophene rings is 1. The number of ether oxygens (including phenoxy) is 1. The van der Waals surface area contributed by atoms with E-state index in [0.717, 1.165) is 11.0 Å². The molecule has 8 nitrogen and oxygen atoms in total. The normalized spacial score (nSPS) is 11.8. The molecule has 1 amide bonds. The first-order chi connectivity index (χ1) is 13.7. The first kappa shape index (κ1) is 22.3. The summed E-state index contributed by atoms with van der Waals surface area (Å²) in [6.45, 7) is 3.17. The van der Waals surface area contributed by atoms with E-state index in [0.29, 0.717) is 17.0 Å². The number of Topliss-reactive ketones (excluding diaryl/α,β-unsaturated/α-hetero) is 1. The van der Waals surface area contributed by atoms with Gasteiger partial charge in [-0.2, -0.15) is 0 Å². The number of hydrogen-bond donors (Lipinski definition) is 1. The molecule has 2 rings (SSSR count). The Kier molecular flexibility index (Phi) is 7.63. The summed E-state index contributed by atoms with van der Waals surface area (Å²) in [6.07, 6.45) is 1.39. The first-order valence-corrected chi connectivity index (χ1v) is 9.57. The quantitative estimate of drug-likeness (QED) is 0.221. The number of nitrogens with zero attached hydrogens (tertiary/aromatic N) is 1. The lowest BCUT2D eigenvalue weighted by molar-refractivity contribution is -0.384. The summed E-state index contributed by atoms with van der Waals surface area (Å²) in [5.41, 5.74) is 0.108. The lowest BCUT2D eigenvalue weighted by Gasteiger charge is -2.09. The molecule has 0 bridgehead atoms. The van der Waals surface area contributed by atoms with Crippen molar-refractivity contribution < 1.29 is 24.0 Å². The Morgan fingerprint density at radius 3 is 2.69 bits per heavy atom. The summed E-state index contributed by atoms with van der Waals surface area (Å²) in [7, 11) is 0. The SMILES string of the molecule is CC(=O)NCc1ccc(C(=O)C(C)OC(=O)/C=C/c2ccc(Cl)c([N+](=O)[O-])c2)s1. The monoisotopic (exact) mass is 436 g/mol. The van der Waals surface area contributed by atoms with E-state index in [4.69, 9.17) is 16.3 Å². The van der Waals surface area contributed by atoms with Crippen molar-refractivity contribution in [3.63, 3.8) is 0 Å². The van der Waals surface area contributed by atoms with Gasteiger partial charge in [-0.15, -0.1) is 11.3 Å². The molecule has 1 N–H and O–H groups in total. The van der Waals surface area contributed by atoms with Gasteiger partial charge in [0.2, 0.25) is 11.7 Å². The van der Waals surface area contributed by atoms with Gasteiger partial charge in [-0.3, -0.25) is 19.7 Å². The molecule has 2 aromatic rings. The van der Waals surface area contributed by atoms with Gasteiger partial charge in [-0.25, -0.2) is 4.79 Å². The predicted octanol–water partition coefficient (Wildman–Crippen LogP) is 3.77. The minimum Gasteiger partial charge on any atom is -0.451 e. The van der Waals surface area contributed by atoms with E-state index in [9.17, 15) is 24.5 Å². The van der Waals surface area contributed by atoms with E-state index in [2.05, 4.69) is 5.32 Å². The standard InChI is InChI=1S/C19H17ClN2O6S/c1-11(19(25)17-7-5-14(29-17)10-21-12(2)23)28-18(24)8-4-13-3-6-15(20)16(9-13)22(26)27/h3-9,11H,10H2,1-2H3,(H,21,23)/b8-4+. The lowest BCUT2D eigenvalue weighted by atomic mass is 10.2. The lowest BCUT2D eigenvalue weighted by Crippen LogP contribution is -2.22. The number of esters is 1. The molecule has 1 aromatic heterocycles. The zero-order valence-corrected chi connectivity index (χ0v) is 17.1. The summed E-state index contributed by atoms with van der Waals surface area (Å²) < 4.78 is 5.10. The molecule has 0 spiro atoms. The zero-order chi connectivity index (χ0) is 21.6. The highest BCUT2D eigenvalue weighted by Crippen LogP contribution is 2.25. The molecule has 1 aromatic carbocycles. The van der Waals surface area contributed by atoms with Crippen molar-refractivity contribution >= 4 is 52.4 Å². The Morgan fingerprint density at radius 2 is 2.03 bits per heavy atom. The minimum absolute atomic E-state index is 0.0113. The van der Waals surface area contributed by atoms with Crippen molar-refractivity contribution in [2.75, 3.05) is 0 Å². The number of ketones is 1. The van der Waals surface area contributed by atoms with Crippen LogP contribution in [0.25, 0.3) is 6.08 Å². The van der Waals surface area contributed by atoms with E-state index in [1.54, 1.807) is 12.1 Å². The molecule has 0 aliphatic rings. The van der Waals surface area contributed by atoms with Crippen LogP contribution in [0.15, 0.2) is 36.4 Å². The van der Waals surface area contributed by atoms with Crippen molar-refractivity contribution in [1.82, 2.24) is 5.32 Å². The van der Waals surface area contributed by atoms with E-state index in [1.807, 2.05) is 0 Å². The molecule has 1 atom stereocenters. The van der Waals surface area contributed by atoms with Crippen LogP contribution in [0, 0.1) is 10.1 Å². The Morgan fingerprint density at radius 1 is 1.31 bits per heavy atom. The average molecular weight is 437 g/mol. The number of hydrogen-bond acceptors (Lipinski definition) is 7. The Labute approximate surface area is 175 Å². The van der Waals surface area contributed by atoms with E-state index in [-0.39, 0.29) is 22.4 Å². The van der Waals surface area contributed by atoms with Gasteiger partial charge >= 0.3 is 5.97 Å². The third kappa shape index (κ3) is 6.51. The molecule has 0 aliphatic carbocycles. The molecule has 0 aliphatic heterocycles. The summed E-state index contributed by atoms with van der Waals surface area (Å²) >= 11 is 6.94. The van der Waals surface area contributed by atoms with Crippen molar-refractivity contribution in [1.29, 1.82) is 0 Å². The maximum absolute atomic E-state index is 12.4. The largest absolute Gasteiger partial charge is 0.451 e. The summed E-state index contributed by atoms with van der Waals surface area (Å²) in [6, 6.07) is 7.41. The number of carbonyl (C=O) groups excluding carboxylic acids is 3. The van der Waals surface area contributed by atoms with Gasteiger partial charge in [0.15, 0.2) is 6.10 Å². The van der Waals surface area contributed by atoms with Gasteiger partial charge in [0.25, 0.3) is 5.69 Å². The van der Waals surface area contributed by atoms with Crippen molar-refractivity contribution in [3.8, 4) is 0 Å². The average Bonchev–Trinajstić information content (AvgIpc) is 3.13. The van der Waals surface area contributed by atoms with Crippen molar-refractivity contribution in [2.45, 2.75) is 26.5 Å². The molecule has 10 heteroatoms. The minimum atomic E-state index is -1.01. The highest BCUT2D eigenvalue weighted by Gasteiger charge is 2.20. The molecular formula is C19H17ClN2O6S. The van der Waals surface area contributed by atoms with Crippen LogP contribution < -0.4 is 5.32 Å². The zero-order valence-electron chi connectivity index (χ0n) is 15.5. The Bertz CT molecular complexity index is 985. The van der Waals surface area contributed by atoms with Crippen LogP contribution in [0.1, 0.15) is 34.0 Å². The van der Waals surface area contributed by atoms with Gasteiger partial charge in [0.05, 0.1) is 16.3 Å². The fraction of sp³-hybridized carbons (Fsp3) is 0.211. The highest BCUT2D eigenvalue weighted by molar-refractivity contribution is 7.14. The van der Waals surface area contributed by atoms with Crippen LogP contribution in [0.2, 0.25) is 5.02 Å². The van der Waals surface area contributed by atoms with Crippen LogP contribution in [-0.4, -0.2) is 28.7 Å². The van der Waals surface area contributed by atoms with Crippen molar-refractivity contribution in [2.24, 2.45) is 0 Å². The molecule has 0 fully saturated rings. The number of amides is 1. The second kappa shape index (κ2) is 9.94.